The first-order valence-electron chi connectivity index (χ1n) is 9.73. The van der Waals surface area contributed by atoms with Crippen molar-refractivity contribution in [2.45, 2.75) is 50.7 Å². The maximum Gasteiger partial charge on any atom is 0.335 e. The summed E-state index contributed by atoms with van der Waals surface area (Å²) in [6.07, 6.45) is 5.58. The molecule has 3 heterocycles. The molecule has 1 N–H and O–H groups in total. The Morgan fingerprint density at radius 1 is 1.37 bits per heavy atom. The van der Waals surface area contributed by atoms with Gasteiger partial charge in [0.05, 0.1) is 23.8 Å². The highest BCUT2D eigenvalue weighted by Gasteiger charge is 2.44. The number of H-pyrrole nitrogens is 1. The summed E-state index contributed by atoms with van der Waals surface area (Å²) >= 11 is 0. The first-order valence-corrected chi connectivity index (χ1v) is 9.73. The first-order chi connectivity index (χ1) is 13.0. The lowest BCUT2D eigenvalue weighted by molar-refractivity contribution is -0.143. The molecular weight excluding hydrogens is 342 g/mol. The molecule has 6 heteroatoms. The number of carbonyl (C=O) groups is 1. The van der Waals surface area contributed by atoms with E-state index in [1.165, 1.54) is 0 Å². The number of para-hydroxylation sites is 1. The third kappa shape index (κ3) is 3.92. The molecule has 1 atom stereocenters. The molecule has 0 saturated carbocycles. The van der Waals surface area contributed by atoms with Crippen molar-refractivity contribution in [1.82, 2.24) is 9.88 Å². The summed E-state index contributed by atoms with van der Waals surface area (Å²) in [7, 11) is 2.13. The Balaban J connectivity index is 1.32. The van der Waals surface area contributed by atoms with Crippen molar-refractivity contribution in [3.63, 3.8) is 0 Å². The molecule has 2 aliphatic heterocycles. The second kappa shape index (κ2) is 7.44. The maximum absolute atomic E-state index is 12.2. The fourth-order valence-corrected chi connectivity index (χ4v) is 4.12. The van der Waals surface area contributed by atoms with Crippen molar-refractivity contribution in [2.75, 3.05) is 20.1 Å². The number of ether oxygens (including phenoxy) is 1. The Bertz CT molecular complexity index is 849. The van der Waals surface area contributed by atoms with E-state index in [2.05, 4.69) is 28.2 Å². The van der Waals surface area contributed by atoms with E-state index in [0.29, 0.717) is 12.8 Å². The lowest BCUT2D eigenvalue weighted by atomic mass is 9.88. The number of aryl methyl sites for hydroxylation is 1. The number of oxime groups is 1. The fraction of sp³-hybridized carbons (Fsp3) is 0.524. The van der Waals surface area contributed by atoms with Crippen molar-refractivity contribution in [3.05, 3.63) is 36.0 Å². The standard InChI is InChI=1S/C21H27N3O3/c1-15-19(13-21(26-15)9-11-24(2)12-10-21)23-27-20(25)8-7-16-14-22-18-6-4-3-5-17(16)18/h3-6,14-15,22H,7-13H2,1-2H3/b23-19-. The molecule has 0 bridgehead atoms. The van der Waals surface area contributed by atoms with E-state index >= 15 is 0 Å². The number of rotatable bonds is 4. The van der Waals surface area contributed by atoms with Gasteiger partial charge in [-0.3, -0.25) is 0 Å². The van der Waals surface area contributed by atoms with Crippen LogP contribution in [0.5, 0.6) is 0 Å². The number of benzene rings is 1. The number of hydrogen-bond donors (Lipinski definition) is 1. The van der Waals surface area contributed by atoms with E-state index in [1.807, 2.05) is 31.3 Å². The van der Waals surface area contributed by atoms with Crippen LogP contribution in [0, 0.1) is 0 Å². The molecule has 1 spiro atoms. The van der Waals surface area contributed by atoms with E-state index in [4.69, 9.17) is 9.57 Å². The van der Waals surface area contributed by atoms with Gasteiger partial charge in [0.1, 0.15) is 0 Å². The van der Waals surface area contributed by atoms with Crippen LogP contribution in [0.15, 0.2) is 35.6 Å². The number of piperidine rings is 1. The zero-order chi connectivity index (χ0) is 18.9. The van der Waals surface area contributed by atoms with Gasteiger partial charge in [0.25, 0.3) is 0 Å². The maximum atomic E-state index is 12.2. The average molecular weight is 369 g/mol. The zero-order valence-electron chi connectivity index (χ0n) is 16.0. The first kappa shape index (κ1) is 18.2. The fourth-order valence-electron chi connectivity index (χ4n) is 4.12. The summed E-state index contributed by atoms with van der Waals surface area (Å²) < 4.78 is 6.20. The molecule has 2 aromatic rings. The van der Waals surface area contributed by atoms with Crippen molar-refractivity contribution in [3.8, 4) is 0 Å². The molecule has 2 fully saturated rings. The second-order valence-electron chi connectivity index (χ2n) is 7.83. The predicted octanol–water partition coefficient (Wildman–Crippen LogP) is 3.27. The third-order valence-corrected chi connectivity index (χ3v) is 5.84. The molecule has 2 saturated heterocycles. The van der Waals surface area contributed by atoms with E-state index in [1.54, 1.807) is 0 Å². The number of aromatic amines is 1. The van der Waals surface area contributed by atoms with Gasteiger partial charge >= 0.3 is 5.97 Å². The van der Waals surface area contributed by atoms with Gasteiger partial charge in [-0.15, -0.1) is 0 Å². The van der Waals surface area contributed by atoms with E-state index < -0.39 is 0 Å². The summed E-state index contributed by atoms with van der Waals surface area (Å²) in [5, 5.41) is 5.31. The molecule has 1 aromatic carbocycles. The Morgan fingerprint density at radius 2 is 2.15 bits per heavy atom. The number of hydrogen-bond acceptors (Lipinski definition) is 5. The van der Waals surface area contributed by atoms with E-state index in [0.717, 1.165) is 54.5 Å². The van der Waals surface area contributed by atoms with E-state index in [-0.39, 0.29) is 17.7 Å². The van der Waals surface area contributed by atoms with Crippen LogP contribution in [0.2, 0.25) is 0 Å². The Labute approximate surface area is 159 Å². The molecule has 4 rings (SSSR count). The summed E-state index contributed by atoms with van der Waals surface area (Å²) in [6.45, 7) is 4.06. The summed E-state index contributed by atoms with van der Waals surface area (Å²) in [5.41, 5.74) is 2.93. The Morgan fingerprint density at radius 3 is 2.96 bits per heavy atom. The van der Waals surface area contributed by atoms with Gasteiger partial charge in [0, 0.05) is 36.6 Å². The highest BCUT2D eigenvalue weighted by Crippen LogP contribution is 2.37. The topological polar surface area (TPSA) is 66.9 Å². The SMILES string of the molecule is CC1OC2(CCN(C)CC2)C/C1=N/OC(=O)CCc1c[nH]c2ccccc12. The van der Waals surface area contributed by atoms with Crippen molar-refractivity contribution in [1.29, 1.82) is 0 Å². The highest BCUT2D eigenvalue weighted by molar-refractivity contribution is 5.91. The van der Waals surface area contributed by atoms with Crippen molar-refractivity contribution in [2.24, 2.45) is 5.16 Å². The minimum Gasteiger partial charge on any atom is -0.365 e. The number of nitrogens with one attached hydrogen (secondary N) is 1. The second-order valence-corrected chi connectivity index (χ2v) is 7.83. The molecule has 0 aliphatic carbocycles. The van der Waals surface area contributed by atoms with Crippen LogP contribution in [0.1, 0.15) is 38.2 Å². The number of carbonyl (C=O) groups excluding carboxylic acids is 1. The van der Waals surface area contributed by atoms with Crippen LogP contribution >= 0.6 is 0 Å². The summed E-state index contributed by atoms with van der Waals surface area (Å²) in [5.74, 6) is -0.302. The lowest BCUT2D eigenvalue weighted by Gasteiger charge is -2.36. The van der Waals surface area contributed by atoms with Crippen molar-refractivity contribution >= 4 is 22.6 Å². The number of aromatic nitrogens is 1. The minimum absolute atomic E-state index is 0.0881. The van der Waals surface area contributed by atoms with Crippen LogP contribution in [-0.2, 0) is 20.8 Å². The molecule has 2 aliphatic rings. The number of fused-ring (bicyclic) bond motifs is 1. The smallest absolute Gasteiger partial charge is 0.335 e. The van der Waals surface area contributed by atoms with Gasteiger partial charge in [-0.05, 0) is 44.9 Å². The van der Waals surface area contributed by atoms with Gasteiger partial charge in [-0.2, -0.15) is 0 Å². The van der Waals surface area contributed by atoms with Gasteiger partial charge in [-0.1, -0.05) is 23.4 Å². The van der Waals surface area contributed by atoms with E-state index in [9.17, 15) is 4.79 Å². The van der Waals surface area contributed by atoms with Gasteiger partial charge in [0.15, 0.2) is 0 Å². The van der Waals surface area contributed by atoms with Crippen LogP contribution in [0.4, 0.5) is 0 Å². The monoisotopic (exact) mass is 369 g/mol. The largest absolute Gasteiger partial charge is 0.365 e. The van der Waals surface area contributed by atoms with Crippen LogP contribution in [0.3, 0.4) is 0 Å². The molecule has 1 aromatic heterocycles. The Kier molecular flexibility index (Phi) is 5.02. The Hall–Kier alpha value is -2.18. The third-order valence-electron chi connectivity index (χ3n) is 5.84. The average Bonchev–Trinajstić information content (AvgIpc) is 3.22. The molecule has 6 nitrogen and oxygen atoms in total. The minimum atomic E-state index is -0.302. The van der Waals surface area contributed by atoms with Crippen LogP contribution in [0.25, 0.3) is 10.9 Å². The van der Waals surface area contributed by atoms with Crippen molar-refractivity contribution < 1.29 is 14.4 Å². The van der Waals surface area contributed by atoms with Crippen LogP contribution < -0.4 is 0 Å². The van der Waals surface area contributed by atoms with Gasteiger partial charge < -0.3 is 19.5 Å². The molecule has 27 heavy (non-hydrogen) atoms. The zero-order valence-corrected chi connectivity index (χ0v) is 16.0. The number of nitrogens with zero attached hydrogens (tertiary/aromatic N) is 2. The number of likely N-dealkylation sites (tertiary alicyclic amines) is 1. The molecule has 1 unspecified atom stereocenters. The van der Waals surface area contributed by atoms with Gasteiger partial charge in [-0.25, -0.2) is 4.79 Å². The normalized spacial score (nSPS) is 24.1. The molecular formula is C21H27N3O3. The molecule has 0 radical (unpaired) electrons. The van der Waals surface area contributed by atoms with Gasteiger partial charge in [0.2, 0.25) is 0 Å². The summed E-state index contributed by atoms with van der Waals surface area (Å²) in [4.78, 5) is 22.9. The summed E-state index contributed by atoms with van der Waals surface area (Å²) in [6, 6.07) is 8.09. The molecule has 0 amide bonds. The predicted molar refractivity (Wildman–Crippen MR) is 105 cm³/mol. The molecule has 144 valence electrons. The van der Waals surface area contributed by atoms with Crippen LogP contribution in [-0.4, -0.2) is 53.4 Å². The lowest BCUT2D eigenvalue weighted by Crippen LogP contribution is -2.42. The highest BCUT2D eigenvalue weighted by atomic mass is 16.7. The quantitative estimate of drug-likeness (QED) is 0.663.